The number of alkyl halides is 1. The molecule has 0 saturated carbocycles. The summed E-state index contributed by atoms with van der Waals surface area (Å²) in [5, 5.41) is 9.08. The molecule has 0 fully saturated rings. The van der Waals surface area contributed by atoms with Gasteiger partial charge in [0.15, 0.2) is 0 Å². The molecule has 0 spiro atoms. The summed E-state index contributed by atoms with van der Waals surface area (Å²) in [7, 11) is 0. The fourth-order valence-electron chi connectivity index (χ4n) is 1.48. The number of hydrogen-bond donors (Lipinski definition) is 1. The first-order chi connectivity index (χ1) is 8.16. The number of unbranched alkanes of at least 4 members (excludes halogenated alkanes) is 1. The molecule has 0 radical (unpaired) electrons. The molecule has 1 N–H and O–H groups in total. The summed E-state index contributed by atoms with van der Waals surface area (Å²) in [5.41, 5.74) is 0.922. The molecular formula is C13H17IO3. The first-order valence-corrected chi connectivity index (χ1v) is 6.94. The second-order valence-electron chi connectivity index (χ2n) is 3.80. The summed E-state index contributed by atoms with van der Waals surface area (Å²) in [4.78, 5) is 11.1. The normalized spacial score (nSPS) is 14.2. The minimum atomic E-state index is -0.837. The van der Waals surface area contributed by atoms with E-state index in [0.717, 1.165) is 18.4 Å². The summed E-state index contributed by atoms with van der Waals surface area (Å²) in [6.07, 6.45) is 1.62. The smallest absolute Gasteiger partial charge is 0.319 e. The van der Waals surface area contributed by atoms with Gasteiger partial charge in [0.1, 0.15) is 10.0 Å². The van der Waals surface area contributed by atoms with Gasteiger partial charge in [0.25, 0.3) is 0 Å². The van der Waals surface area contributed by atoms with Crippen molar-refractivity contribution in [1.82, 2.24) is 0 Å². The first-order valence-electron chi connectivity index (χ1n) is 5.70. The Kier molecular flexibility index (Phi) is 6.50. The molecule has 0 amide bonds. The van der Waals surface area contributed by atoms with Gasteiger partial charge in [0.2, 0.25) is 0 Å². The number of benzene rings is 1. The quantitative estimate of drug-likeness (QED) is 0.467. The standard InChI is InChI=1S/C13H17IO3/c1-2-3-9-17-12(11(14)13(15)16)10-7-5-4-6-8-10/h4-8,11-12H,2-3,9H2,1H3,(H,15,16). The summed E-state index contributed by atoms with van der Waals surface area (Å²) >= 11 is 1.92. The van der Waals surface area contributed by atoms with Gasteiger partial charge in [0, 0.05) is 6.61 Å². The van der Waals surface area contributed by atoms with Crippen LogP contribution in [0.2, 0.25) is 0 Å². The second-order valence-corrected chi connectivity index (χ2v) is 5.14. The van der Waals surface area contributed by atoms with Gasteiger partial charge >= 0.3 is 5.97 Å². The van der Waals surface area contributed by atoms with E-state index in [1.807, 2.05) is 52.9 Å². The molecular weight excluding hydrogens is 331 g/mol. The average Bonchev–Trinajstić information content (AvgIpc) is 2.35. The van der Waals surface area contributed by atoms with Crippen LogP contribution < -0.4 is 0 Å². The van der Waals surface area contributed by atoms with Crippen molar-refractivity contribution in [2.75, 3.05) is 6.61 Å². The van der Waals surface area contributed by atoms with Crippen LogP contribution in [-0.4, -0.2) is 21.6 Å². The van der Waals surface area contributed by atoms with Gasteiger partial charge < -0.3 is 9.84 Å². The number of carboxylic acid groups (broad SMARTS) is 1. The highest BCUT2D eigenvalue weighted by Gasteiger charge is 2.27. The van der Waals surface area contributed by atoms with Crippen molar-refractivity contribution in [3.05, 3.63) is 35.9 Å². The zero-order valence-corrected chi connectivity index (χ0v) is 12.0. The van der Waals surface area contributed by atoms with Gasteiger partial charge in [-0.25, -0.2) is 0 Å². The van der Waals surface area contributed by atoms with Crippen molar-refractivity contribution >= 4 is 28.6 Å². The molecule has 3 nitrogen and oxygen atoms in total. The van der Waals surface area contributed by atoms with Crippen molar-refractivity contribution in [3.8, 4) is 0 Å². The SMILES string of the molecule is CCCCOC(c1ccccc1)C(I)C(=O)O. The van der Waals surface area contributed by atoms with Crippen LogP contribution in [0.3, 0.4) is 0 Å². The lowest BCUT2D eigenvalue weighted by atomic mass is 10.1. The van der Waals surface area contributed by atoms with Crippen molar-refractivity contribution in [2.24, 2.45) is 0 Å². The lowest BCUT2D eigenvalue weighted by Gasteiger charge is -2.20. The predicted molar refractivity (Wildman–Crippen MR) is 75.5 cm³/mol. The number of ether oxygens (including phenoxy) is 1. The van der Waals surface area contributed by atoms with E-state index in [2.05, 4.69) is 6.92 Å². The highest BCUT2D eigenvalue weighted by molar-refractivity contribution is 14.1. The number of rotatable bonds is 7. The maximum Gasteiger partial charge on any atom is 0.319 e. The van der Waals surface area contributed by atoms with Crippen LogP contribution in [0.5, 0.6) is 0 Å². The Bertz CT molecular complexity index is 340. The maximum atomic E-state index is 11.1. The summed E-state index contributed by atoms with van der Waals surface area (Å²) < 4.78 is 5.14. The monoisotopic (exact) mass is 348 g/mol. The predicted octanol–water partition coefficient (Wildman–Crippen LogP) is 3.43. The van der Waals surface area contributed by atoms with Crippen molar-refractivity contribution in [3.63, 3.8) is 0 Å². The summed E-state index contributed by atoms with van der Waals surface area (Å²) in [6, 6.07) is 9.53. The molecule has 0 bridgehead atoms. The zero-order chi connectivity index (χ0) is 12.7. The average molecular weight is 348 g/mol. The molecule has 94 valence electrons. The van der Waals surface area contributed by atoms with Crippen LogP contribution >= 0.6 is 22.6 Å². The molecule has 0 aliphatic heterocycles. The molecule has 0 aromatic heterocycles. The molecule has 1 aromatic carbocycles. The van der Waals surface area contributed by atoms with Crippen LogP contribution in [0, 0.1) is 0 Å². The minimum Gasteiger partial charge on any atom is -0.480 e. The number of hydrogen-bond acceptors (Lipinski definition) is 2. The van der Waals surface area contributed by atoms with E-state index in [1.54, 1.807) is 0 Å². The van der Waals surface area contributed by atoms with E-state index in [0.29, 0.717) is 6.61 Å². The van der Waals surface area contributed by atoms with Gasteiger partial charge in [-0.1, -0.05) is 66.3 Å². The molecule has 2 atom stereocenters. The molecule has 1 rings (SSSR count). The van der Waals surface area contributed by atoms with E-state index in [1.165, 1.54) is 0 Å². The van der Waals surface area contributed by atoms with Gasteiger partial charge in [-0.15, -0.1) is 0 Å². The topological polar surface area (TPSA) is 46.5 Å². The van der Waals surface area contributed by atoms with Gasteiger partial charge in [-0.3, -0.25) is 4.79 Å². The fourth-order valence-corrected chi connectivity index (χ4v) is 2.10. The molecule has 0 aliphatic rings. The van der Waals surface area contributed by atoms with Gasteiger partial charge in [-0.05, 0) is 12.0 Å². The van der Waals surface area contributed by atoms with Gasteiger partial charge in [0.05, 0.1) is 0 Å². The van der Waals surface area contributed by atoms with E-state index in [-0.39, 0.29) is 6.10 Å². The molecule has 0 saturated heterocycles. The Balaban J connectivity index is 2.75. The number of halogens is 1. The van der Waals surface area contributed by atoms with Gasteiger partial charge in [-0.2, -0.15) is 0 Å². The lowest BCUT2D eigenvalue weighted by Crippen LogP contribution is -2.24. The van der Waals surface area contributed by atoms with Crippen molar-refractivity contribution in [2.45, 2.75) is 29.8 Å². The highest BCUT2D eigenvalue weighted by atomic mass is 127. The van der Waals surface area contributed by atoms with Crippen LogP contribution in [-0.2, 0) is 9.53 Å². The van der Waals surface area contributed by atoms with Crippen LogP contribution in [0.25, 0.3) is 0 Å². The minimum absolute atomic E-state index is 0.374. The maximum absolute atomic E-state index is 11.1. The Morgan fingerprint density at radius 2 is 2.06 bits per heavy atom. The van der Waals surface area contributed by atoms with Crippen LogP contribution in [0.4, 0.5) is 0 Å². The molecule has 1 aromatic rings. The highest BCUT2D eigenvalue weighted by Crippen LogP contribution is 2.27. The van der Waals surface area contributed by atoms with E-state index in [4.69, 9.17) is 9.84 Å². The number of aliphatic carboxylic acids is 1. The molecule has 0 heterocycles. The van der Waals surface area contributed by atoms with E-state index in [9.17, 15) is 4.79 Å². The number of carboxylic acids is 1. The molecule has 4 heteroatoms. The van der Waals surface area contributed by atoms with Crippen LogP contribution in [0.1, 0.15) is 31.4 Å². The molecule has 17 heavy (non-hydrogen) atoms. The van der Waals surface area contributed by atoms with E-state index < -0.39 is 9.89 Å². The summed E-state index contributed by atoms with van der Waals surface area (Å²) in [5.74, 6) is -0.837. The zero-order valence-electron chi connectivity index (χ0n) is 9.80. The number of carbonyl (C=O) groups is 1. The third kappa shape index (κ3) is 4.63. The third-order valence-electron chi connectivity index (χ3n) is 2.43. The third-order valence-corrected chi connectivity index (χ3v) is 3.61. The molecule has 0 aliphatic carbocycles. The Morgan fingerprint density at radius 3 is 2.59 bits per heavy atom. The molecule has 2 unspecified atom stereocenters. The Labute approximate surface area is 115 Å². The van der Waals surface area contributed by atoms with E-state index >= 15 is 0 Å². The Morgan fingerprint density at radius 1 is 1.41 bits per heavy atom. The largest absolute Gasteiger partial charge is 0.480 e. The summed E-state index contributed by atoms with van der Waals surface area (Å²) in [6.45, 7) is 2.68. The lowest BCUT2D eigenvalue weighted by molar-refractivity contribution is -0.138. The van der Waals surface area contributed by atoms with Crippen LogP contribution in [0.15, 0.2) is 30.3 Å². The fraction of sp³-hybridized carbons (Fsp3) is 0.462. The second kappa shape index (κ2) is 7.66. The Hall–Kier alpha value is -0.620. The van der Waals surface area contributed by atoms with Crippen molar-refractivity contribution < 1.29 is 14.6 Å². The first kappa shape index (κ1) is 14.4. The van der Waals surface area contributed by atoms with Crippen molar-refractivity contribution in [1.29, 1.82) is 0 Å².